The molecule has 2 amide bonds. The summed E-state index contributed by atoms with van der Waals surface area (Å²) < 4.78 is 0. The first-order chi connectivity index (χ1) is 15.6. The van der Waals surface area contributed by atoms with E-state index in [2.05, 4.69) is 22.9 Å². The van der Waals surface area contributed by atoms with Crippen LogP contribution in [0.5, 0.6) is 0 Å². The standard InChI is InChI=1S/C25H39N5O2.HI/c1-3-5-15-27-23(31)20-12-10-19(11-13-20)17-28-25(26-4-2)29-22-14-16-30(18-22)24(32)21-8-6-7-9-21;/h10-13,21-22H,3-9,14-18H2,1-2H3,(H,27,31)(H2,26,28,29);1H. The van der Waals surface area contributed by atoms with Crippen LogP contribution < -0.4 is 16.0 Å². The molecule has 3 N–H and O–H groups in total. The van der Waals surface area contributed by atoms with Gasteiger partial charge in [-0.25, -0.2) is 4.99 Å². The van der Waals surface area contributed by atoms with Gasteiger partial charge in [-0.1, -0.05) is 38.3 Å². The van der Waals surface area contributed by atoms with Crippen molar-refractivity contribution in [3.05, 3.63) is 35.4 Å². The van der Waals surface area contributed by atoms with Gasteiger partial charge in [-0.15, -0.1) is 24.0 Å². The Morgan fingerprint density at radius 1 is 1.06 bits per heavy atom. The summed E-state index contributed by atoms with van der Waals surface area (Å²) >= 11 is 0. The molecule has 0 bridgehead atoms. The van der Waals surface area contributed by atoms with Crippen LogP contribution in [0.15, 0.2) is 29.3 Å². The smallest absolute Gasteiger partial charge is 0.251 e. The number of guanidine groups is 1. The normalized spacial score (nSPS) is 18.7. The van der Waals surface area contributed by atoms with Crippen LogP contribution in [0.25, 0.3) is 0 Å². The fourth-order valence-corrected chi connectivity index (χ4v) is 4.44. The molecule has 0 radical (unpaired) electrons. The number of rotatable bonds is 9. The van der Waals surface area contributed by atoms with Gasteiger partial charge in [0.1, 0.15) is 0 Å². The van der Waals surface area contributed by atoms with Crippen molar-refractivity contribution in [2.24, 2.45) is 10.9 Å². The van der Waals surface area contributed by atoms with Crippen molar-refractivity contribution in [1.29, 1.82) is 0 Å². The number of hydrogen-bond donors (Lipinski definition) is 3. The number of unbranched alkanes of at least 4 members (excludes halogenated alkanes) is 1. The second kappa shape index (κ2) is 14.4. The molecule has 3 rings (SSSR count). The summed E-state index contributed by atoms with van der Waals surface area (Å²) in [5.74, 6) is 1.33. The van der Waals surface area contributed by atoms with E-state index in [9.17, 15) is 9.59 Å². The predicted molar refractivity (Wildman–Crippen MR) is 144 cm³/mol. The molecule has 1 heterocycles. The minimum Gasteiger partial charge on any atom is -0.357 e. The number of likely N-dealkylation sites (tertiary alicyclic amines) is 1. The van der Waals surface area contributed by atoms with Crippen LogP contribution in [-0.2, 0) is 11.3 Å². The van der Waals surface area contributed by atoms with Gasteiger partial charge < -0.3 is 20.9 Å². The summed E-state index contributed by atoms with van der Waals surface area (Å²) in [6.45, 7) is 7.76. The average molecular weight is 570 g/mol. The zero-order valence-corrected chi connectivity index (χ0v) is 22.4. The third-order valence-corrected chi connectivity index (χ3v) is 6.34. The third kappa shape index (κ3) is 8.46. The van der Waals surface area contributed by atoms with Crippen molar-refractivity contribution in [1.82, 2.24) is 20.9 Å². The number of hydrogen-bond acceptors (Lipinski definition) is 3. The number of nitrogens with zero attached hydrogens (tertiary/aromatic N) is 2. The predicted octanol–water partition coefficient (Wildman–Crippen LogP) is 3.68. The van der Waals surface area contributed by atoms with E-state index < -0.39 is 0 Å². The number of halogens is 1. The summed E-state index contributed by atoms with van der Waals surface area (Å²) in [6.07, 6.45) is 7.49. The molecule has 1 atom stereocenters. The summed E-state index contributed by atoms with van der Waals surface area (Å²) in [7, 11) is 0. The molecule has 2 fully saturated rings. The van der Waals surface area contributed by atoms with E-state index in [1.165, 1.54) is 12.8 Å². The van der Waals surface area contributed by atoms with Crippen LogP contribution in [0, 0.1) is 5.92 Å². The first kappa shape index (κ1) is 27.4. The number of aliphatic imine (C=N–C) groups is 1. The molecule has 1 saturated heterocycles. The lowest BCUT2D eigenvalue weighted by Gasteiger charge is -2.21. The summed E-state index contributed by atoms with van der Waals surface area (Å²) in [5.41, 5.74) is 1.73. The lowest BCUT2D eigenvalue weighted by Crippen LogP contribution is -2.45. The molecule has 1 unspecified atom stereocenters. The van der Waals surface area contributed by atoms with E-state index in [0.29, 0.717) is 24.6 Å². The van der Waals surface area contributed by atoms with Crippen molar-refractivity contribution >= 4 is 41.8 Å². The molecule has 1 aromatic carbocycles. The van der Waals surface area contributed by atoms with Gasteiger partial charge in [0, 0.05) is 43.7 Å². The SMILES string of the molecule is CCCCNC(=O)c1ccc(CN=C(NCC)NC2CCN(C(=O)C3CCCC3)C2)cc1.I. The minimum atomic E-state index is -0.0264. The maximum absolute atomic E-state index is 12.7. The van der Waals surface area contributed by atoms with Crippen molar-refractivity contribution in [3.63, 3.8) is 0 Å². The molecule has 1 aliphatic heterocycles. The number of benzene rings is 1. The maximum atomic E-state index is 12.7. The number of carbonyl (C=O) groups is 2. The Morgan fingerprint density at radius 2 is 1.79 bits per heavy atom. The topological polar surface area (TPSA) is 85.8 Å². The largest absolute Gasteiger partial charge is 0.357 e. The zero-order valence-electron chi connectivity index (χ0n) is 20.1. The monoisotopic (exact) mass is 569 g/mol. The molecular formula is C25H40IN5O2. The summed E-state index contributed by atoms with van der Waals surface area (Å²) in [4.78, 5) is 31.6. The Kier molecular flexibility index (Phi) is 12.0. The first-order valence-electron chi connectivity index (χ1n) is 12.3. The number of amides is 2. The third-order valence-electron chi connectivity index (χ3n) is 6.34. The van der Waals surface area contributed by atoms with E-state index >= 15 is 0 Å². The maximum Gasteiger partial charge on any atom is 0.251 e. The quantitative estimate of drug-likeness (QED) is 0.183. The highest BCUT2D eigenvalue weighted by Gasteiger charge is 2.32. The lowest BCUT2D eigenvalue weighted by atomic mass is 10.1. The second-order valence-corrected chi connectivity index (χ2v) is 8.90. The first-order valence-corrected chi connectivity index (χ1v) is 12.3. The lowest BCUT2D eigenvalue weighted by molar-refractivity contribution is -0.134. The highest BCUT2D eigenvalue weighted by molar-refractivity contribution is 14.0. The highest BCUT2D eigenvalue weighted by atomic mass is 127. The van der Waals surface area contributed by atoms with Crippen molar-refractivity contribution in [2.45, 2.75) is 71.4 Å². The van der Waals surface area contributed by atoms with Crippen LogP contribution >= 0.6 is 24.0 Å². The fraction of sp³-hybridized carbons (Fsp3) is 0.640. The van der Waals surface area contributed by atoms with Gasteiger partial charge in [0.2, 0.25) is 5.91 Å². The van der Waals surface area contributed by atoms with Crippen molar-refractivity contribution in [2.75, 3.05) is 26.2 Å². The molecule has 7 nitrogen and oxygen atoms in total. The van der Waals surface area contributed by atoms with Gasteiger partial charge in [-0.2, -0.15) is 0 Å². The second-order valence-electron chi connectivity index (χ2n) is 8.90. The van der Waals surface area contributed by atoms with Crippen LogP contribution in [0.1, 0.15) is 74.7 Å². The van der Waals surface area contributed by atoms with E-state index in [1.807, 2.05) is 36.1 Å². The van der Waals surface area contributed by atoms with E-state index in [-0.39, 0.29) is 41.8 Å². The highest BCUT2D eigenvalue weighted by Crippen LogP contribution is 2.27. The Labute approximate surface area is 215 Å². The van der Waals surface area contributed by atoms with E-state index in [1.54, 1.807) is 0 Å². The van der Waals surface area contributed by atoms with Crippen LogP contribution in [0.4, 0.5) is 0 Å². The molecular weight excluding hydrogens is 529 g/mol. The number of carbonyl (C=O) groups excluding carboxylic acids is 2. The molecule has 33 heavy (non-hydrogen) atoms. The fourth-order valence-electron chi connectivity index (χ4n) is 4.44. The molecule has 1 saturated carbocycles. The Hall–Kier alpha value is -1.84. The number of nitrogens with one attached hydrogen (secondary N) is 3. The van der Waals surface area contributed by atoms with Crippen LogP contribution in [0.3, 0.4) is 0 Å². The summed E-state index contributed by atoms with van der Waals surface area (Å²) in [6, 6.07) is 7.86. The molecule has 0 spiro atoms. The Balaban J connectivity index is 0.00000385. The van der Waals surface area contributed by atoms with Crippen molar-refractivity contribution in [3.8, 4) is 0 Å². The van der Waals surface area contributed by atoms with Gasteiger partial charge in [-0.05, 0) is 50.3 Å². The molecule has 0 aromatic heterocycles. The van der Waals surface area contributed by atoms with Gasteiger partial charge in [-0.3, -0.25) is 9.59 Å². The molecule has 1 aromatic rings. The minimum absolute atomic E-state index is 0. The molecule has 1 aliphatic carbocycles. The molecule has 8 heteroatoms. The van der Waals surface area contributed by atoms with Crippen LogP contribution in [-0.4, -0.2) is 54.9 Å². The average Bonchev–Trinajstić information content (AvgIpc) is 3.50. The molecule has 184 valence electrons. The van der Waals surface area contributed by atoms with Crippen LogP contribution in [0.2, 0.25) is 0 Å². The Morgan fingerprint density at radius 3 is 2.45 bits per heavy atom. The van der Waals surface area contributed by atoms with E-state index in [4.69, 9.17) is 4.99 Å². The van der Waals surface area contributed by atoms with Gasteiger partial charge in [0.25, 0.3) is 5.91 Å². The zero-order chi connectivity index (χ0) is 22.8. The molecule has 2 aliphatic rings. The van der Waals surface area contributed by atoms with E-state index in [0.717, 1.165) is 63.3 Å². The van der Waals surface area contributed by atoms with Gasteiger partial charge in [0.15, 0.2) is 5.96 Å². The summed E-state index contributed by atoms with van der Waals surface area (Å²) in [5, 5.41) is 9.75. The van der Waals surface area contributed by atoms with Crippen molar-refractivity contribution < 1.29 is 9.59 Å². The van der Waals surface area contributed by atoms with Gasteiger partial charge in [0.05, 0.1) is 6.54 Å². The Bertz CT molecular complexity index is 778. The van der Waals surface area contributed by atoms with Gasteiger partial charge >= 0.3 is 0 Å².